The van der Waals surface area contributed by atoms with Crippen molar-refractivity contribution in [3.05, 3.63) is 59.7 Å². The monoisotopic (exact) mass is 392 g/mol. The summed E-state index contributed by atoms with van der Waals surface area (Å²) in [4.78, 5) is 7.28. The third-order valence-electron chi connectivity index (χ3n) is 5.02. The van der Waals surface area contributed by atoms with Crippen molar-refractivity contribution < 1.29 is 14.2 Å². The van der Waals surface area contributed by atoms with E-state index < -0.39 is 0 Å². The minimum atomic E-state index is 0.0514. The zero-order valence-corrected chi connectivity index (χ0v) is 17.4. The Morgan fingerprint density at radius 2 is 1.76 bits per heavy atom. The molecule has 4 rings (SSSR count). The van der Waals surface area contributed by atoms with Gasteiger partial charge in [-0.2, -0.15) is 0 Å². The Kier molecular flexibility index (Phi) is 5.86. The fraction of sp³-hybridized carbons (Fsp3) is 0.375. The number of nitrogens with zero attached hydrogens (tertiary/aromatic N) is 2. The molecule has 5 heteroatoms. The van der Waals surface area contributed by atoms with Gasteiger partial charge >= 0.3 is 0 Å². The second-order valence-corrected chi connectivity index (χ2v) is 7.36. The minimum absolute atomic E-state index is 0.0514. The molecule has 0 amide bonds. The lowest BCUT2D eigenvalue weighted by Crippen LogP contribution is -2.30. The largest absolute Gasteiger partial charge is 0.493 e. The first kappa shape index (κ1) is 19.5. The van der Waals surface area contributed by atoms with E-state index in [1.165, 1.54) is 5.56 Å². The summed E-state index contributed by atoms with van der Waals surface area (Å²) in [6, 6.07) is 16.6. The number of aromatic nitrogens is 1. The molecule has 152 valence electrons. The van der Waals surface area contributed by atoms with Crippen LogP contribution in [-0.4, -0.2) is 35.7 Å². The van der Waals surface area contributed by atoms with Gasteiger partial charge in [0.2, 0.25) is 5.88 Å². The van der Waals surface area contributed by atoms with Gasteiger partial charge in [-0.25, -0.2) is 4.98 Å². The SMILES string of the molecule is CCOc1ccc(OCC)c2nc3c(cc12)CN(Cc1ccccc1)C[C@H](C)O3. The number of fused-ring (bicyclic) bond motifs is 2. The molecular weight excluding hydrogens is 364 g/mol. The zero-order chi connectivity index (χ0) is 20.2. The van der Waals surface area contributed by atoms with E-state index in [4.69, 9.17) is 19.2 Å². The van der Waals surface area contributed by atoms with Crippen molar-refractivity contribution in [2.24, 2.45) is 0 Å². The highest BCUT2D eigenvalue weighted by molar-refractivity contribution is 5.91. The Morgan fingerprint density at radius 3 is 2.52 bits per heavy atom. The Hall–Kier alpha value is -2.79. The molecule has 0 spiro atoms. The first-order valence-corrected chi connectivity index (χ1v) is 10.3. The number of benzene rings is 2. The van der Waals surface area contributed by atoms with E-state index in [2.05, 4.69) is 42.2 Å². The Balaban J connectivity index is 1.75. The van der Waals surface area contributed by atoms with Gasteiger partial charge in [0.25, 0.3) is 0 Å². The van der Waals surface area contributed by atoms with Crippen molar-refractivity contribution in [1.82, 2.24) is 9.88 Å². The lowest BCUT2D eigenvalue weighted by atomic mass is 10.1. The van der Waals surface area contributed by atoms with Crippen LogP contribution in [0.15, 0.2) is 48.5 Å². The molecule has 0 unspecified atom stereocenters. The lowest BCUT2D eigenvalue weighted by molar-refractivity contribution is 0.153. The van der Waals surface area contributed by atoms with Crippen molar-refractivity contribution in [3.8, 4) is 17.4 Å². The molecule has 1 aliphatic rings. The fourth-order valence-electron chi connectivity index (χ4n) is 3.86. The fourth-order valence-corrected chi connectivity index (χ4v) is 3.86. The second kappa shape index (κ2) is 8.70. The lowest BCUT2D eigenvalue weighted by Gasteiger charge is -2.21. The molecule has 0 N–H and O–H groups in total. The normalized spacial score (nSPS) is 16.7. The van der Waals surface area contributed by atoms with Crippen LogP contribution in [0.25, 0.3) is 10.9 Å². The van der Waals surface area contributed by atoms with Crippen LogP contribution in [0.1, 0.15) is 31.9 Å². The van der Waals surface area contributed by atoms with Gasteiger partial charge in [-0.1, -0.05) is 30.3 Å². The maximum Gasteiger partial charge on any atom is 0.218 e. The van der Waals surface area contributed by atoms with E-state index in [0.717, 1.165) is 47.6 Å². The molecule has 1 atom stereocenters. The third-order valence-corrected chi connectivity index (χ3v) is 5.02. The average molecular weight is 392 g/mol. The van der Waals surface area contributed by atoms with Crippen molar-refractivity contribution >= 4 is 10.9 Å². The molecule has 0 radical (unpaired) electrons. The molecular formula is C24H28N2O3. The Bertz CT molecular complexity index is 975. The number of pyridine rings is 1. The van der Waals surface area contributed by atoms with Gasteiger partial charge in [0.15, 0.2) is 0 Å². The highest BCUT2D eigenvalue weighted by Crippen LogP contribution is 2.37. The number of hydrogen-bond donors (Lipinski definition) is 0. The highest BCUT2D eigenvalue weighted by Gasteiger charge is 2.23. The average Bonchev–Trinajstić information content (AvgIpc) is 2.86. The van der Waals surface area contributed by atoms with Crippen LogP contribution >= 0.6 is 0 Å². The van der Waals surface area contributed by atoms with Gasteiger partial charge in [0, 0.05) is 30.6 Å². The Labute approximate surface area is 172 Å². The van der Waals surface area contributed by atoms with Crippen molar-refractivity contribution in [2.75, 3.05) is 19.8 Å². The molecule has 0 saturated carbocycles. The topological polar surface area (TPSA) is 43.8 Å². The van der Waals surface area contributed by atoms with Gasteiger partial charge in [-0.15, -0.1) is 0 Å². The van der Waals surface area contributed by atoms with Crippen molar-refractivity contribution in [1.29, 1.82) is 0 Å². The smallest absolute Gasteiger partial charge is 0.218 e. The minimum Gasteiger partial charge on any atom is -0.493 e. The number of rotatable bonds is 6. The van der Waals surface area contributed by atoms with Crippen LogP contribution < -0.4 is 14.2 Å². The summed E-state index contributed by atoms with van der Waals surface area (Å²) in [5.41, 5.74) is 3.16. The first-order chi connectivity index (χ1) is 14.2. The third kappa shape index (κ3) is 4.30. The summed E-state index contributed by atoms with van der Waals surface area (Å²) >= 11 is 0. The van der Waals surface area contributed by atoms with Crippen molar-refractivity contribution in [3.63, 3.8) is 0 Å². The molecule has 3 aromatic rings. The standard InChI is InChI=1S/C24H28N2O3/c1-4-27-21-11-12-22(28-5-2)23-20(21)13-19-16-26(14-17(3)29-24(19)25-23)15-18-9-7-6-8-10-18/h6-13,17H,4-5,14-16H2,1-3H3/t17-/m0/s1. The molecule has 5 nitrogen and oxygen atoms in total. The molecule has 0 saturated heterocycles. The summed E-state index contributed by atoms with van der Waals surface area (Å²) < 4.78 is 17.9. The molecule has 0 aliphatic carbocycles. The second-order valence-electron chi connectivity index (χ2n) is 7.36. The van der Waals surface area contributed by atoms with Gasteiger partial charge < -0.3 is 14.2 Å². The summed E-state index contributed by atoms with van der Waals surface area (Å²) in [5, 5.41) is 0.967. The summed E-state index contributed by atoms with van der Waals surface area (Å²) in [7, 11) is 0. The van der Waals surface area contributed by atoms with Crippen LogP contribution in [0.4, 0.5) is 0 Å². The van der Waals surface area contributed by atoms with Crippen LogP contribution in [0.5, 0.6) is 17.4 Å². The van der Waals surface area contributed by atoms with E-state index in [-0.39, 0.29) is 6.10 Å². The summed E-state index contributed by atoms with van der Waals surface area (Å²) in [6.45, 7) is 9.76. The van der Waals surface area contributed by atoms with E-state index in [1.807, 2.05) is 32.0 Å². The maximum absolute atomic E-state index is 6.22. The first-order valence-electron chi connectivity index (χ1n) is 10.3. The molecule has 1 aliphatic heterocycles. The quantitative estimate of drug-likeness (QED) is 0.602. The van der Waals surface area contributed by atoms with E-state index in [0.29, 0.717) is 19.1 Å². The molecule has 1 aromatic heterocycles. The van der Waals surface area contributed by atoms with E-state index in [9.17, 15) is 0 Å². The number of ether oxygens (including phenoxy) is 3. The van der Waals surface area contributed by atoms with Crippen LogP contribution in [-0.2, 0) is 13.1 Å². The summed E-state index contributed by atoms with van der Waals surface area (Å²) in [5.74, 6) is 2.28. The predicted molar refractivity (Wildman–Crippen MR) is 115 cm³/mol. The number of hydrogen-bond acceptors (Lipinski definition) is 5. The predicted octanol–water partition coefficient (Wildman–Crippen LogP) is 4.82. The zero-order valence-electron chi connectivity index (χ0n) is 17.4. The van der Waals surface area contributed by atoms with Crippen LogP contribution in [0, 0.1) is 0 Å². The van der Waals surface area contributed by atoms with Gasteiger partial charge in [-0.05, 0) is 44.5 Å². The Morgan fingerprint density at radius 1 is 1.03 bits per heavy atom. The highest BCUT2D eigenvalue weighted by atomic mass is 16.5. The summed E-state index contributed by atoms with van der Waals surface area (Å²) in [6.07, 6.45) is 0.0514. The van der Waals surface area contributed by atoms with Crippen LogP contribution in [0.2, 0.25) is 0 Å². The van der Waals surface area contributed by atoms with E-state index >= 15 is 0 Å². The van der Waals surface area contributed by atoms with Gasteiger partial charge in [0.05, 0.1) is 13.2 Å². The molecule has 2 aromatic carbocycles. The molecule has 29 heavy (non-hydrogen) atoms. The maximum atomic E-state index is 6.22. The van der Waals surface area contributed by atoms with Gasteiger partial charge in [0.1, 0.15) is 23.1 Å². The van der Waals surface area contributed by atoms with Crippen LogP contribution in [0.3, 0.4) is 0 Å². The molecule has 0 fully saturated rings. The van der Waals surface area contributed by atoms with E-state index in [1.54, 1.807) is 0 Å². The van der Waals surface area contributed by atoms with Gasteiger partial charge in [-0.3, -0.25) is 4.90 Å². The van der Waals surface area contributed by atoms with Crippen molar-refractivity contribution in [2.45, 2.75) is 40.0 Å². The molecule has 2 heterocycles. The molecule has 0 bridgehead atoms.